The number of carbonyl (C=O) groups excluding carboxylic acids is 4. The number of ether oxygens (including phenoxy) is 3. The molecule has 0 atom stereocenters. The Balaban J connectivity index is 1.45. The number of anilines is 2. The van der Waals surface area contributed by atoms with E-state index in [1.807, 2.05) is 0 Å². The summed E-state index contributed by atoms with van der Waals surface area (Å²) in [7, 11) is 1.28. The van der Waals surface area contributed by atoms with Gasteiger partial charge >= 0.3 is 11.9 Å². The van der Waals surface area contributed by atoms with Crippen LogP contribution in [0.2, 0.25) is 0 Å². The van der Waals surface area contributed by atoms with E-state index in [9.17, 15) is 19.2 Å². The van der Waals surface area contributed by atoms with Crippen LogP contribution in [0.3, 0.4) is 0 Å². The van der Waals surface area contributed by atoms with Crippen LogP contribution >= 0.6 is 11.6 Å². The van der Waals surface area contributed by atoms with Crippen LogP contribution in [0, 0.1) is 0 Å². The molecule has 9 nitrogen and oxygen atoms in total. The average molecular weight is 521 g/mol. The Morgan fingerprint density at radius 2 is 1.49 bits per heavy atom. The van der Waals surface area contributed by atoms with E-state index in [-0.39, 0.29) is 27.7 Å². The number of imide groups is 1. The van der Waals surface area contributed by atoms with Crippen LogP contribution in [0.4, 0.5) is 11.4 Å². The second-order valence-corrected chi connectivity index (χ2v) is 8.02. The number of halogens is 1. The normalized spacial score (nSPS) is 13.0. The smallest absolute Gasteiger partial charge is 0.343 e. The number of nitrogens with one attached hydrogen (secondary N) is 1. The van der Waals surface area contributed by atoms with Gasteiger partial charge in [-0.15, -0.1) is 0 Å². The van der Waals surface area contributed by atoms with Crippen LogP contribution in [0.1, 0.15) is 27.6 Å². The number of carbonyl (C=O) groups is 4. The van der Waals surface area contributed by atoms with Gasteiger partial charge in [0, 0.05) is 5.69 Å². The molecule has 0 aromatic heterocycles. The summed E-state index contributed by atoms with van der Waals surface area (Å²) in [4.78, 5) is 50.9. The molecule has 4 rings (SSSR count). The molecule has 3 aromatic carbocycles. The van der Waals surface area contributed by atoms with Crippen LogP contribution in [0.25, 0.3) is 0 Å². The summed E-state index contributed by atoms with van der Waals surface area (Å²) >= 11 is 6.22. The van der Waals surface area contributed by atoms with Crippen molar-refractivity contribution in [2.45, 2.75) is 6.92 Å². The summed E-state index contributed by atoms with van der Waals surface area (Å²) in [6.45, 7) is 2.15. The number of hydrogen-bond acceptors (Lipinski definition) is 8. The lowest BCUT2D eigenvalue weighted by molar-refractivity contribution is -0.120. The predicted octanol–water partition coefficient (Wildman–Crippen LogP) is 4.53. The van der Waals surface area contributed by atoms with E-state index in [2.05, 4.69) is 10.1 Å². The standard InChI is InChI=1S/C27H21ClN2O7/c1-3-36-21-7-5-4-6-20(21)30-24(31)22(28)23(25(30)32)29-18-12-8-17(9-13-18)27(34)37-19-14-10-16(11-15-19)26(33)35-2/h4-15,29H,3H2,1-2H3. The zero-order valence-corrected chi connectivity index (χ0v) is 20.6. The highest BCUT2D eigenvalue weighted by Gasteiger charge is 2.40. The molecule has 1 N–H and O–H groups in total. The molecule has 0 saturated heterocycles. The fourth-order valence-corrected chi connectivity index (χ4v) is 3.74. The number of hydrogen-bond donors (Lipinski definition) is 1. The molecule has 0 radical (unpaired) electrons. The summed E-state index contributed by atoms with van der Waals surface area (Å²) in [6.07, 6.45) is 0. The molecule has 1 aliphatic heterocycles. The quantitative estimate of drug-likeness (QED) is 0.262. The molecule has 0 spiro atoms. The summed E-state index contributed by atoms with van der Waals surface area (Å²) in [5.74, 6) is -1.82. The number of benzene rings is 3. The first kappa shape index (κ1) is 25.5. The topological polar surface area (TPSA) is 111 Å². The van der Waals surface area contributed by atoms with E-state index < -0.39 is 23.8 Å². The van der Waals surface area contributed by atoms with E-state index in [1.165, 1.54) is 43.5 Å². The van der Waals surface area contributed by atoms with Gasteiger partial charge in [-0.25, -0.2) is 14.5 Å². The van der Waals surface area contributed by atoms with E-state index in [0.29, 0.717) is 23.6 Å². The maximum absolute atomic E-state index is 13.1. The van der Waals surface area contributed by atoms with Gasteiger partial charge in [-0.3, -0.25) is 9.59 Å². The Morgan fingerprint density at radius 3 is 2.14 bits per heavy atom. The van der Waals surface area contributed by atoms with Crippen molar-refractivity contribution in [3.63, 3.8) is 0 Å². The van der Waals surface area contributed by atoms with Gasteiger partial charge in [0.1, 0.15) is 22.2 Å². The van der Waals surface area contributed by atoms with Crippen molar-refractivity contribution in [1.29, 1.82) is 0 Å². The minimum Gasteiger partial charge on any atom is -0.492 e. The molecule has 2 amide bonds. The van der Waals surface area contributed by atoms with Gasteiger partial charge in [-0.1, -0.05) is 23.7 Å². The van der Waals surface area contributed by atoms with Gasteiger partial charge in [0.25, 0.3) is 11.8 Å². The molecular formula is C27H21ClN2O7. The lowest BCUT2D eigenvalue weighted by Crippen LogP contribution is -2.32. The molecule has 188 valence electrons. The monoisotopic (exact) mass is 520 g/mol. The SMILES string of the molecule is CCOc1ccccc1N1C(=O)C(Cl)=C(Nc2ccc(C(=O)Oc3ccc(C(=O)OC)cc3)cc2)C1=O. The average Bonchev–Trinajstić information content (AvgIpc) is 3.12. The Labute approximate surface area is 217 Å². The zero-order chi connectivity index (χ0) is 26.5. The Morgan fingerprint density at radius 1 is 0.865 bits per heavy atom. The highest BCUT2D eigenvalue weighted by atomic mass is 35.5. The predicted molar refractivity (Wildman–Crippen MR) is 136 cm³/mol. The number of methoxy groups -OCH3 is 1. The molecule has 1 heterocycles. The molecular weight excluding hydrogens is 500 g/mol. The van der Waals surface area contributed by atoms with E-state index in [0.717, 1.165) is 4.90 Å². The van der Waals surface area contributed by atoms with Crippen LogP contribution in [-0.4, -0.2) is 37.5 Å². The van der Waals surface area contributed by atoms with Gasteiger partial charge in [0.2, 0.25) is 0 Å². The minimum absolute atomic E-state index is 0.0982. The van der Waals surface area contributed by atoms with Gasteiger partial charge in [0.05, 0.1) is 30.5 Å². The van der Waals surface area contributed by atoms with Crippen LogP contribution in [0.5, 0.6) is 11.5 Å². The van der Waals surface area contributed by atoms with Crippen molar-refractivity contribution >= 4 is 46.7 Å². The Kier molecular flexibility index (Phi) is 7.55. The minimum atomic E-state index is -0.681. The first-order valence-electron chi connectivity index (χ1n) is 11.1. The Bertz CT molecular complexity index is 1400. The fourth-order valence-electron chi connectivity index (χ4n) is 3.53. The van der Waals surface area contributed by atoms with Crippen LogP contribution in [-0.2, 0) is 14.3 Å². The lowest BCUT2D eigenvalue weighted by Gasteiger charge is -2.18. The largest absolute Gasteiger partial charge is 0.492 e. The van der Waals surface area contributed by atoms with Crippen molar-refractivity contribution in [2.75, 3.05) is 23.9 Å². The maximum Gasteiger partial charge on any atom is 0.343 e. The van der Waals surface area contributed by atoms with Crippen molar-refractivity contribution < 1.29 is 33.4 Å². The summed E-state index contributed by atoms with van der Waals surface area (Å²) in [6, 6.07) is 18.7. The second kappa shape index (κ2) is 11.0. The third kappa shape index (κ3) is 5.31. The zero-order valence-electron chi connectivity index (χ0n) is 19.8. The summed E-state index contributed by atoms with van der Waals surface area (Å²) in [5, 5.41) is 2.59. The number of para-hydroxylation sites is 2. The highest BCUT2D eigenvalue weighted by Crippen LogP contribution is 2.35. The van der Waals surface area contributed by atoms with Crippen molar-refractivity contribution in [3.05, 3.63) is 94.7 Å². The third-order valence-corrected chi connectivity index (χ3v) is 5.66. The first-order chi connectivity index (χ1) is 17.8. The lowest BCUT2D eigenvalue weighted by atomic mass is 10.2. The van der Waals surface area contributed by atoms with E-state index >= 15 is 0 Å². The number of amides is 2. The number of esters is 2. The Hall–Kier alpha value is -4.63. The van der Waals surface area contributed by atoms with Gasteiger partial charge in [0.15, 0.2) is 0 Å². The maximum atomic E-state index is 13.1. The number of rotatable bonds is 8. The van der Waals surface area contributed by atoms with Crippen molar-refractivity contribution in [1.82, 2.24) is 0 Å². The van der Waals surface area contributed by atoms with Crippen molar-refractivity contribution in [3.8, 4) is 11.5 Å². The summed E-state index contributed by atoms with van der Waals surface area (Å²) in [5.41, 5.74) is 1.17. The molecule has 0 bridgehead atoms. The molecule has 0 saturated carbocycles. The second-order valence-electron chi connectivity index (χ2n) is 7.64. The fraction of sp³-hybridized carbons (Fsp3) is 0.111. The third-order valence-electron chi connectivity index (χ3n) is 5.31. The van der Waals surface area contributed by atoms with E-state index in [4.69, 9.17) is 21.1 Å². The highest BCUT2D eigenvalue weighted by molar-refractivity contribution is 6.53. The van der Waals surface area contributed by atoms with Crippen molar-refractivity contribution in [2.24, 2.45) is 0 Å². The van der Waals surface area contributed by atoms with E-state index in [1.54, 1.807) is 43.3 Å². The van der Waals surface area contributed by atoms with Gasteiger partial charge in [-0.05, 0) is 67.6 Å². The first-order valence-corrected chi connectivity index (χ1v) is 11.5. The van der Waals surface area contributed by atoms with Crippen LogP contribution in [0.15, 0.2) is 83.5 Å². The van der Waals surface area contributed by atoms with Gasteiger partial charge < -0.3 is 19.5 Å². The molecule has 37 heavy (non-hydrogen) atoms. The molecule has 1 aliphatic rings. The molecule has 3 aromatic rings. The van der Waals surface area contributed by atoms with Crippen LogP contribution < -0.4 is 19.7 Å². The van der Waals surface area contributed by atoms with Gasteiger partial charge in [-0.2, -0.15) is 0 Å². The molecule has 10 heteroatoms. The molecule has 0 unspecified atom stereocenters. The summed E-state index contributed by atoms with van der Waals surface area (Å²) < 4.78 is 15.5. The molecule has 0 fully saturated rings. The number of nitrogens with zero attached hydrogens (tertiary/aromatic N) is 1. The molecule has 0 aliphatic carbocycles.